The van der Waals surface area contributed by atoms with Crippen molar-refractivity contribution in [1.29, 1.82) is 0 Å². The van der Waals surface area contributed by atoms with Gasteiger partial charge in [0, 0.05) is 26.0 Å². The fourth-order valence-electron chi connectivity index (χ4n) is 5.50. The molecule has 1 aliphatic rings. The molecule has 1 aliphatic heterocycles. The second-order valence-corrected chi connectivity index (χ2v) is 11.1. The highest BCUT2D eigenvalue weighted by atomic mass is 16.5. The van der Waals surface area contributed by atoms with E-state index in [1.165, 1.54) is 7.11 Å². The minimum atomic E-state index is -1.12. The quantitative estimate of drug-likeness (QED) is 0.197. The smallest absolute Gasteiger partial charge is 0.245 e. The number of piperidine rings is 1. The van der Waals surface area contributed by atoms with Gasteiger partial charge < -0.3 is 30.8 Å². The van der Waals surface area contributed by atoms with Crippen molar-refractivity contribution in [2.45, 2.75) is 56.7 Å². The summed E-state index contributed by atoms with van der Waals surface area (Å²) in [6, 6.07) is 19.9. The Morgan fingerprint density at radius 1 is 0.932 bits per heavy atom. The van der Waals surface area contributed by atoms with Gasteiger partial charge in [-0.1, -0.05) is 72.8 Å². The van der Waals surface area contributed by atoms with E-state index < -0.39 is 29.9 Å². The van der Waals surface area contributed by atoms with Crippen LogP contribution >= 0.6 is 0 Å². The Labute approximate surface area is 257 Å². The second-order valence-electron chi connectivity index (χ2n) is 11.1. The number of hydrogen-bond donors (Lipinski definition) is 4. The number of carbonyl (C=O) groups excluding carboxylic acids is 5. The molecule has 0 unspecified atom stereocenters. The van der Waals surface area contributed by atoms with Gasteiger partial charge in [0.05, 0.1) is 19.1 Å². The molecule has 0 saturated carbocycles. The van der Waals surface area contributed by atoms with E-state index in [1.54, 1.807) is 0 Å². The van der Waals surface area contributed by atoms with Crippen LogP contribution in [-0.2, 0) is 41.6 Å². The number of amides is 4. The van der Waals surface area contributed by atoms with E-state index in [1.807, 2.05) is 72.8 Å². The van der Waals surface area contributed by atoms with Crippen molar-refractivity contribution in [3.05, 3.63) is 83.9 Å². The Hall–Kier alpha value is -4.57. The first-order valence-electron chi connectivity index (χ1n) is 15.0. The molecule has 4 N–H and O–H groups in total. The predicted octanol–water partition coefficient (Wildman–Crippen LogP) is 2.23. The molecule has 0 bridgehead atoms. The minimum absolute atomic E-state index is 0.0386. The number of carbonyl (C=O) groups is 5. The van der Waals surface area contributed by atoms with Crippen molar-refractivity contribution >= 4 is 40.7 Å². The number of nitrogens with one attached hydrogen (secondary N) is 4. The molecule has 3 aromatic carbocycles. The molecule has 1 fully saturated rings. The van der Waals surface area contributed by atoms with E-state index >= 15 is 0 Å². The first kappa shape index (κ1) is 32.3. The molecule has 1 heterocycles. The average molecular weight is 601 g/mol. The van der Waals surface area contributed by atoms with Crippen LogP contribution in [0.1, 0.15) is 36.8 Å². The van der Waals surface area contributed by atoms with Gasteiger partial charge in [-0.05, 0) is 47.6 Å². The van der Waals surface area contributed by atoms with Crippen molar-refractivity contribution in [2.24, 2.45) is 5.92 Å². The Morgan fingerprint density at radius 2 is 1.66 bits per heavy atom. The summed E-state index contributed by atoms with van der Waals surface area (Å²) >= 11 is 0. The summed E-state index contributed by atoms with van der Waals surface area (Å²) in [6.45, 7) is 0.503. The Balaban J connectivity index is 1.46. The first-order valence-corrected chi connectivity index (χ1v) is 15.0. The topological polar surface area (TPSA) is 143 Å². The summed E-state index contributed by atoms with van der Waals surface area (Å²) in [4.78, 5) is 63.9. The highest BCUT2D eigenvalue weighted by Crippen LogP contribution is 2.20. The fourth-order valence-corrected chi connectivity index (χ4v) is 5.50. The molecule has 44 heavy (non-hydrogen) atoms. The highest BCUT2D eigenvalue weighted by molar-refractivity contribution is 5.94. The zero-order valence-corrected chi connectivity index (χ0v) is 24.9. The van der Waals surface area contributed by atoms with Crippen LogP contribution < -0.4 is 21.3 Å². The summed E-state index contributed by atoms with van der Waals surface area (Å²) in [7, 11) is 1.40. The number of hydrogen-bond acceptors (Lipinski definition) is 6. The largest absolute Gasteiger partial charge is 0.382 e. The lowest BCUT2D eigenvalue weighted by atomic mass is 9.92. The second kappa shape index (κ2) is 16.3. The van der Waals surface area contributed by atoms with Crippen molar-refractivity contribution in [1.82, 2.24) is 21.3 Å². The molecule has 0 spiro atoms. The maximum atomic E-state index is 13.7. The zero-order chi connectivity index (χ0) is 31.3. The third-order valence-corrected chi connectivity index (χ3v) is 7.85. The van der Waals surface area contributed by atoms with Crippen LogP contribution in [0.3, 0.4) is 0 Å². The number of fused-ring (bicyclic) bond motifs is 1. The molecule has 0 radical (unpaired) electrons. The minimum Gasteiger partial charge on any atom is -0.382 e. The summed E-state index contributed by atoms with van der Waals surface area (Å²) < 4.78 is 5.22. The molecule has 10 heteroatoms. The van der Waals surface area contributed by atoms with Gasteiger partial charge in [0.1, 0.15) is 18.4 Å². The van der Waals surface area contributed by atoms with Crippen molar-refractivity contribution < 1.29 is 28.7 Å². The summed E-state index contributed by atoms with van der Waals surface area (Å²) in [6.07, 6.45) is 3.27. The maximum Gasteiger partial charge on any atom is 0.245 e. The van der Waals surface area contributed by atoms with Gasteiger partial charge in [0.2, 0.25) is 23.6 Å². The fraction of sp³-hybridized carbons (Fsp3) is 0.382. The number of aldehydes is 1. The molecule has 4 amide bonds. The van der Waals surface area contributed by atoms with Gasteiger partial charge in [0.15, 0.2) is 0 Å². The van der Waals surface area contributed by atoms with Gasteiger partial charge in [-0.2, -0.15) is 0 Å². The summed E-state index contributed by atoms with van der Waals surface area (Å²) in [5, 5.41) is 13.0. The molecule has 4 rings (SSSR count). The van der Waals surface area contributed by atoms with Crippen molar-refractivity contribution in [3.63, 3.8) is 0 Å². The van der Waals surface area contributed by atoms with Gasteiger partial charge in [-0.25, -0.2) is 0 Å². The van der Waals surface area contributed by atoms with Crippen molar-refractivity contribution in [2.75, 3.05) is 20.3 Å². The van der Waals surface area contributed by atoms with E-state index in [-0.39, 0.29) is 37.2 Å². The molecule has 4 atom stereocenters. The van der Waals surface area contributed by atoms with Crippen LogP contribution in [0.5, 0.6) is 0 Å². The van der Waals surface area contributed by atoms with Crippen LogP contribution in [0.25, 0.3) is 10.8 Å². The highest BCUT2D eigenvalue weighted by Gasteiger charge is 2.29. The van der Waals surface area contributed by atoms with Crippen LogP contribution in [-0.4, -0.2) is 68.3 Å². The lowest BCUT2D eigenvalue weighted by Gasteiger charge is -2.25. The predicted molar refractivity (Wildman–Crippen MR) is 166 cm³/mol. The maximum absolute atomic E-state index is 13.7. The van der Waals surface area contributed by atoms with E-state index in [0.717, 1.165) is 34.7 Å². The monoisotopic (exact) mass is 600 g/mol. The molecular formula is C34H40N4O6. The van der Waals surface area contributed by atoms with Gasteiger partial charge in [-0.3, -0.25) is 19.2 Å². The molecule has 0 aliphatic carbocycles. The van der Waals surface area contributed by atoms with Crippen molar-refractivity contribution in [3.8, 4) is 0 Å². The SMILES string of the molecule is COC[C@H](NC(=O)[C@H](Cc1cccc2ccccc12)NC(=O)Cc1ccccc1)C(=O)N[C@H](C=O)CC[C@@H]1CCCNC1=O. The lowest BCUT2D eigenvalue weighted by Crippen LogP contribution is -2.57. The Morgan fingerprint density at radius 3 is 2.41 bits per heavy atom. The van der Waals surface area contributed by atoms with E-state index in [0.29, 0.717) is 25.7 Å². The number of ether oxygens (including phenoxy) is 1. The van der Waals surface area contributed by atoms with Gasteiger partial charge >= 0.3 is 0 Å². The Kier molecular flexibility index (Phi) is 12.0. The molecule has 0 aromatic heterocycles. The third-order valence-electron chi connectivity index (χ3n) is 7.85. The lowest BCUT2D eigenvalue weighted by molar-refractivity contribution is -0.133. The van der Waals surface area contributed by atoms with Gasteiger partial charge in [0.25, 0.3) is 0 Å². The first-order chi connectivity index (χ1) is 21.4. The third kappa shape index (κ3) is 9.21. The molecule has 3 aromatic rings. The number of benzene rings is 3. The molecule has 10 nitrogen and oxygen atoms in total. The zero-order valence-electron chi connectivity index (χ0n) is 24.9. The Bertz CT molecular complexity index is 1440. The van der Waals surface area contributed by atoms with E-state index in [9.17, 15) is 24.0 Å². The summed E-state index contributed by atoms with van der Waals surface area (Å²) in [5.74, 6) is -1.73. The van der Waals surface area contributed by atoms with Gasteiger partial charge in [-0.15, -0.1) is 0 Å². The summed E-state index contributed by atoms with van der Waals surface area (Å²) in [5.41, 5.74) is 1.67. The number of methoxy groups -OCH3 is 1. The molecule has 1 saturated heterocycles. The van der Waals surface area contributed by atoms with Crippen LogP contribution in [0, 0.1) is 5.92 Å². The van der Waals surface area contributed by atoms with Crippen LogP contribution in [0.4, 0.5) is 0 Å². The molecular weight excluding hydrogens is 560 g/mol. The average Bonchev–Trinajstić information content (AvgIpc) is 3.03. The molecule has 232 valence electrons. The van der Waals surface area contributed by atoms with Crippen LogP contribution in [0.2, 0.25) is 0 Å². The standard InChI is InChI=1S/C34H40N4O6/c1-44-22-30(34(43)36-27(21-39)17-16-25-14-8-18-35-32(25)41)38-33(42)29(37-31(40)19-23-9-3-2-4-10-23)20-26-13-7-12-24-11-5-6-15-28(24)26/h2-7,9-13,15,21,25,27,29-30H,8,14,16-20,22H2,1H3,(H,35,41)(H,36,43)(H,37,40)(H,38,42)/t25-,27-,29-,30-/m0/s1. The van der Waals surface area contributed by atoms with E-state index in [2.05, 4.69) is 21.3 Å². The number of rotatable bonds is 15. The normalized spacial score (nSPS) is 16.7. The van der Waals surface area contributed by atoms with Crippen LogP contribution in [0.15, 0.2) is 72.8 Å². The van der Waals surface area contributed by atoms with E-state index in [4.69, 9.17) is 4.74 Å².